The molecule has 1 amide bonds. The summed E-state index contributed by atoms with van der Waals surface area (Å²) < 4.78 is 5.88. The van der Waals surface area contributed by atoms with E-state index < -0.39 is 0 Å². The molecule has 6 nitrogen and oxygen atoms in total. The first-order valence-corrected chi connectivity index (χ1v) is 9.82. The largest absolute Gasteiger partial charge is 0.483 e. The molecule has 1 aliphatic heterocycles. The maximum atomic E-state index is 12.5. The number of carbonyl (C=O) groups excluding carboxylic acids is 1. The number of ether oxygens (including phenoxy) is 1. The van der Waals surface area contributed by atoms with Crippen molar-refractivity contribution in [3.63, 3.8) is 0 Å². The van der Waals surface area contributed by atoms with Crippen LogP contribution in [0.1, 0.15) is 35.9 Å². The molecule has 2 aromatic rings. The van der Waals surface area contributed by atoms with Crippen molar-refractivity contribution in [1.82, 2.24) is 15.1 Å². The lowest BCUT2D eigenvalue weighted by molar-refractivity contribution is -0.133. The highest BCUT2D eigenvalue weighted by molar-refractivity contribution is 7.15. The molecule has 0 saturated carbocycles. The van der Waals surface area contributed by atoms with Gasteiger partial charge in [0.15, 0.2) is 6.61 Å². The molecule has 2 heterocycles. The highest BCUT2D eigenvalue weighted by atomic mass is 32.1. The Balaban J connectivity index is 1.54. The van der Waals surface area contributed by atoms with Gasteiger partial charge in [-0.2, -0.15) is 0 Å². The fourth-order valence-corrected chi connectivity index (χ4v) is 3.77. The van der Waals surface area contributed by atoms with Crippen LogP contribution in [0.5, 0.6) is 5.75 Å². The van der Waals surface area contributed by atoms with E-state index in [9.17, 15) is 4.79 Å². The van der Waals surface area contributed by atoms with Crippen LogP contribution in [0.4, 0.5) is 5.13 Å². The van der Waals surface area contributed by atoms with Gasteiger partial charge in [-0.25, -0.2) is 0 Å². The van der Waals surface area contributed by atoms with Gasteiger partial charge >= 0.3 is 0 Å². The van der Waals surface area contributed by atoms with E-state index in [1.54, 1.807) is 11.3 Å². The molecule has 0 radical (unpaired) electrons. The summed E-state index contributed by atoms with van der Waals surface area (Å²) in [6.07, 6.45) is 0. The predicted octanol–water partition coefficient (Wildman–Crippen LogP) is 3.01. The average molecular weight is 375 g/mol. The van der Waals surface area contributed by atoms with Crippen molar-refractivity contribution in [2.45, 2.75) is 33.6 Å². The van der Waals surface area contributed by atoms with Crippen LogP contribution in [0.2, 0.25) is 0 Å². The van der Waals surface area contributed by atoms with Gasteiger partial charge in [-0.15, -0.1) is 10.2 Å². The summed E-state index contributed by atoms with van der Waals surface area (Å²) in [5.74, 6) is 1.21. The summed E-state index contributed by atoms with van der Waals surface area (Å²) in [6, 6.07) is 6.18. The van der Waals surface area contributed by atoms with E-state index in [1.807, 2.05) is 24.8 Å². The third kappa shape index (κ3) is 4.33. The lowest BCUT2D eigenvalue weighted by Gasteiger charge is -2.34. The van der Waals surface area contributed by atoms with Gasteiger partial charge in [-0.05, 0) is 37.0 Å². The van der Waals surface area contributed by atoms with Gasteiger partial charge in [-0.3, -0.25) is 4.79 Å². The van der Waals surface area contributed by atoms with Crippen molar-refractivity contribution in [1.29, 1.82) is 0 Å². The molecule has 26 heavy (non-hydrogen) atoms. The molecule has 0 bridgehead atoms. The molecule has 0 spiro atoms. The maximum Gasteiger partial charge on any atom is 0.260 e. The number of hydrogen-bond acceptors (Lipinski definition) is 6. The smallest absolute Gasteiger partial charge is 0.260 e. The molecule has 0 aliphatic carbocycles. The Bertz CT molecular complexity index is 767. The second kappa shape index (κ2) is 8.03. The van der Waals surface area contributed by atoms with Crippen molar-refractivity contribution in [2.75, 3.05) is 37.7 Å². The van der Waals surface area contributed by atoms with Crippen LogP contribution in [-0.4, -0.2) is 53.8 Å². The highest BCUT2D eigenvalue weighted by Gasteiger charge is 2.23. The van der Waals surface area contributed by atoms with Crippen LogP contribution in [-0.2, 0) is 4.79 Å². The van der Waals surface area contributed by atoms with E-state index in [4.69, 9.17) is 4.74 Å². The van der Waals surface area contributed by atoms with E-state index in [-0.39, 0.29) is 12.5 Å². The van der Waals surface area contributed by atoms with Crippen molar-refractivity contribution in [3.8, 4) is 5.75 Å². The number of benzene rings is 1. The quantitative estimate of drug-likeness (QED) is 0.805. The monoisotopic (exact) mass is 374 g/mol. The standard InChI is InChI=1S/C19H26N4O2S/c1-13(2)16-6-5-14(3)11-17(16)25-12-18(24)22-7-9-23(10-8-22)19-21-20-15(4)26-19/h5-6,11,13H,7-10,12H2,1-4H3. The van der Waals surface area contributed by atoms with Crippen molar-refractivity contribution < 1.29 is 9.53 Å². The minimum atomic E-state index is 0.0364. The van der Waals surface area contributed by atoms with Gasteiger partial charge < -0.3 is 14.5 Å². The summed E-state index contributed by atoms with van der Waals surface area (Å²) in [5.41, 5.74) is 2.28. The van der Waals surface area contributed by atoms with Gasteiger partial charge in [0.05, 0.1) is 0 Å². The fourth-order valence-electron chi connectivity index (χ4n) is 3.04. The first-order chi connectivity index (χ1) is 12.4. The Labute approximate surface area is 158 Å². The van der Waals surface area contributed by atoms with Crippen molar-refractivity contribution in [2.24, 2.45) is 0 Å². The molecular weight excluding hydrogens is 348 g/mol. The normalized spacial score (nSPS) is 14.8. The maximum absolute atomic E-state index is 12.5. The summed E-state index contributed by atoms with van der Waals surface area (Å²) in [7, 11) is 0. The van der Waals surface area contributed by atoms with Gasteiger partial charge in [0.1, 0.15) is 10.8 Å². The third-order valence-electron chi connectivity index (χ3n) is 4.56. The average Bonchev–Trinajstić information content (AvgIpc) is 3.06. The molecule has 1 aliphatic rings. The lowest BCUT2D eigenvalue weighted by Crippen LogP contribution is -2.50. The Morgan fingerprint density at radius 2 is 1.92 bits per heavy atom. The molecule has 1 aromatic heterocycles. The molecule has 0 N–H and O–H groups in total. The van der Waals surface area contributed by atoms with Crippen molar-refractivity contribution >= 4 is 22.4 Å². The zero-order valence-corrected chi connectivity index (χ0v) is 16.7. The Hall–Kier alpha value is -2.15. The molecular formula is C19H26N4O2S. The van der Waals surface area contributed by atoms with Gasteiger partial charge in [0.2, 0.25) is 5.13 Å². The van der Waals surface area contributed by atoms with Gasteiger partial charge in [-0.1, -0.05) is 37.3 Å². The van der Waals surface area contributed by atoms with Gasteiger partial charge in [0, 0.05) is 26.2 Å². The van der Waals surface area contributed by atoms with Crippen LogP contribution in [0.25, 0.3) is 0 Å². The van der Waals surface area contributed by atoms with E-state index in [2.05, 4.69) is 41.1 Å². The number of hydrogen-bond donors (Lipinski definition) is 0. The highest BCUT2D eigenvalue weighted by Crippen LogP contribution is 2.27. The number of carbonyl (C=O) groups is 1. The Kier molecular flexibility index (Phi) is 5.76. The molecule has 1 saturated heterocycles. The summed E-state index contributed by atoms with van der Waals surface area (Å²) in [4.78, 5) is 16.6. The van der Waals surface area contributed by atoms with Crippen LogP contribution in [0.3, 0.4) is 0 Å². The second-order valence-corrected chi connectivity index (χ2v) is 8.12. The molecule has 140 valence electrons. The van der Waals surface area contributed by atoms with Crippen LogP contribution < -0.4 is 9.64 Å². The molecule has 1 fully saturated rings. The Morgan fingerprint density at radius 3 is 2.54 bits per heavy atom. The van der Waals surface area contributed by atoms with E-state index in [1.165, 1.54) is 0 Å². The molecule has 7 heteroatoms. The van der Waals surface area contributed by atoms with Crippen LogP contribution in [0, 0.1) is 13.8 Å². The van der Waals surface area contributed by atoms with Gasteiger partial charge in [0.25, 0.3) is 5.91 Å². The summed E-state index contributed by atoms with van der Waals surface area (Å²) in [6.45, 7) is 11.3. The zero-order chi connectivity index (χ0) is 18.7. The molecule has 3 rings (SSSR count). The number of anilines is 1. The van der Waals surface area contributed by atoms with E-state index in [0.717, 1.165) is 40.1 Å². The van der Waals surface area contributed by atoms with Crippen LogP contribution >= 0.6 is 11.3 Å². The number of aromatic nitrogens is 2. The molecule has 0 atom stereocenters. The van der Waals surface area contributed by atoms with E-state index >= 15 is 0 Å². The van der Waals surface area contributed by atoms with E-state index in [0.29, 0.717) is 19.0 Å². The number of aryl methyl sites for hydroxylation is 2. The second-order valence-electron chi connectivity index (χ2n) is 6.96. The lowest BCUT2D eigenvalue weighted by atomic mass is 10.0. The van der Waals surface area contributed by atoms with Crippen molar-refractivity contribution in [3.05, 3.63) is 34.3 Å². The number of rotatable bonds is 5. The Morgan fingerprint density at radius 1 is 1.19 bits per heavy atom. The summed E-state index contributed by atoms with van der Waals surface area (Å²) >= 11 is 1.59. The minimum absolute atomic E-state index is 0.0364. The number of piperazine rings is 1. The number of nitrogens with zero attached hydrogens (tertiary/aromatic N) is 4. The first kappa shape index (κ1) is 18.6. The third-order valence-corrected chi connectivity index (χ3v) is 5.46. The minimum Gasteiger partial charge on any atom is -0.483 e. The zero-order valence-electron chi connectivity index (χ0n) is 15.9. The summed E-state index contributed by atoms with van der Waals surface area (Å²) in [5, 5.41) is 10.2. The predicted molar refractivity (Wildman–Crippen MR) is 104 cm³/mol. The molecule has 0 unspecified atom stereocenters. The first-order valence-electron chi connectivity index (χ1n) is 9.00. The fraction of sp³-hybridized carbons (Fsp3) is 0.526. The molecule has 1 aromatic carbocycles. The topological polar surface area (TPSA) is 58.6 Å². The SMILES string of the molecule is Cc1ccc(C(C)C)c(OCC(=O)N2CCN(c3nnc(C)s3)CC2)c1. The number of amides is 1. The van der Waals surface area contributed by atoms with Crippen LogP contribution in [0.15, 0.2) is 18.2 Å².